The summed E-state index contributed by atoms with van der Waals surface area (Å²) in [6.07, 6.45) is 6.43. The number of benzene rings is 2. The van der Waals surface area contributed by atoms with Crippen LogP contribution in [-0.4, -0.2) is 61.9 Å². The molecular weight excluding hydrogens is 422 g/mol. The van der Waals surface area contributed by atoms with Crippen LogP contribution in [0, 0.1) is 0 Å². The lowest BCUT2D eigenvalue weighted by Crippen LogP contribution is -2.52. The van der Waals surface area contributed by atoms with E-state index in [1.807, 2.05) is 60.7 Å². The smallest absolute Gasteiger partial charge is 0.137 e. The van der Waals surface area contributed by atoms with Gasteiger partial charge in [-0.05, 0) is 35.7 Å². The highest BCUT2D eigenvalue weighted by Crippen LogP contribution is 2.24. The van der Waals surface area contributed by atoms with Gasteiger partial charge in [0.25, 0.3) is 0 Å². The van der Waals surface area contributed by atoms with Gasteiger partial charge in [0.05, 0.1) is 31.4 Å². The lowest BCUT2D eigenvalue weighted by atomic mass is 10.0. The Labute approximate surface area is 193 Å². The molecule has 6 N–H and O–H groups in total. The second-order valence-corrected chi connectivity index (χ2v) is 8.09. The SMILES string of the molecule is C[C@H](O)c1nccn1C(/C=C/c1ccc(-c2ccc(OCC(N)(CO)CO)cc2)cc1)CO. The van der Waals surface area contributed by atoms with E-state index in [0.29, 0.717) is 11.6 Å². The molecule has 0 aliphatic carbocycles. The molecular formula is C25H31N3O5. The lowest BCUT2D eigenvalue weighted by Gasteiger charge is -2.24. The molecule has 2 atom stereocenters. The van der Waals surface area contributed by atoms with Crippen LogP contribution in [0.4, 0.5) is 0 Å². The molecule has 1 unspecified atom stereocenters. The van der Waals surface area contributed by atoms with Crippen molar-refractivity contribution < 1.29 is 25.2 Å². The van der Waals surface area contributed by atoms with E-state index in [2.05, 4.69) is 4.98 Å². The van der Waals surface area contributed by atoms with Crippen LogP contribution >= 0.6 is 0 Å². The summed E-state index contributed by atoms with van der Waals surface area (Å²) in [6, 6.07) is 15.1. The Morgan fingerprint density at radius 1 is 1.03 bits per heavy atom. The zero-order valence-electron chi connectivity index (χ0n) is 18.6. The number of rotatable bonds is 11. The van der Waals surface area contributed by atoms with Gasteiger partial charge in [-0.3, -0.25) is 0 Å². The number of hydrogen-bond acceptors (Lipinski definition) is 7. The van der Waals surface area contributed by atoms with Crippen molar-refractivity contribution in [2.75, 3.05) is 26.4 Å². The number of aromatic nitrogens is 2. The summed E-state index contributed by atoms with van der Waals surface area (Å²) in [5.74, 6) is 1.10. The molecule has 176 valence electrons. The number of ether oxygens (including phenoxy) is 1. The Balaban J connectivity index is 1.65. The van der Waals surface area contributed by atoms with E-state index in [9.17, 15) is 20.4 Å². The minimum Gasteiger partial charge on any atom is -0.491 e. The fraction of sp³-hybridized carbons (Fsp3) is 0.320. The number of hydrogen-bond donors (Lipinski definition) is 5. The Morgan fingerprint density at radius 2 is 1.64 bits per heavy atom. The first-order chi connectivity index (χ1) is 15.9. The van der Waals surface area contributed by atoms with Gasteiger partial charge in [-0.25, -0.2) is 4.98 Å². The van der Waals surface area contributed by atoms with E-state index < -0.39 is 11.6 Å². The van der Waals surface area contributed by atoms with Gasteiger partial charge in [0.15, 0.2) is 0 Å². The van der Waals surface area contributed by atoms with Crippen LogP contribution in [0.2, 0.25) is 0 Å². The summed E-state index contributed by atoms with van der Waals surface area (Å²) in [7, 11) is 0. The van der Waals surface area contributed by atoms with E-state index in [-0.39, 0.29) is 32.5 Å². The van der Waals surface area contributed by atoms with Crippen LogP contribution < -0.4 is 10.5 Å². The molecule has 2 aromatic carbocycles. The summed E-state index contributed by atoms with van der Waals surface area (Å²) < 4.78 is 7.34. The Bertz CT molecular complexity index is 1020. The first-order valence-corrected chi connectivity index (χ1v) is 10.7. The lowest BCUT2D eigenvalue weighted by molar-refractivity contribution is 0.0785. The molecule has 0 radical (unpaired) electrons. The van der Waals surface area contributed by atoms with Gasteiger partial charge in [0, 0.05) is 12.4 Å². The molecule has 0 fully saturated rings. The fourth-order valence-electron chi connectivity index (χ4n) is 3.29. The first-order valence-electron chi connectivity index (χ1n) is 10.7. The zero-order valence-corrected chi connectivity index (χ0v) is 18.6. The van der Waals surface area contributed by atoms with E-state index in [1.165, 1.54) is 0 Å². The standard InChI is InChI=1S/C25H31N3O5/c1-18(32)24-27-12-13-28(24)22(14-29)9-4-19-2-5-20(6-3-19)21-7-10-23(11-8-21)33-17-25(26,15-30)16-31/h2-13,18,22,29-32H,14-17,26H2,1H3/b9-4+/t18-,22?/m0/s1. The van der Waals surface area contributed by atoms with Gasteiger partial charge in [0.1, 0.15) is 24.3 Å². The highest BCUT2D eigenvalue weighted by molar-refractivity contribution is 5.66. The zero-order chi connectivity index (χ0) is 23.8. The molecule has 0 amide bonds. The van der Waals surface area contributed by atoms with Gasteiger partial charge in [0.2, 0.25) is 0 Å². The monoisotopic (exact) mass is 453 g/mol. The molecule has 0 aliphatic heterocycles. The highest BCUT2D eigenvalue weighted by Gasteiger charge is 2.24. The molecule has 1 aromatic heterocycles. The molecule has 0 bridgehead atoms. The number of aliphatic hydroxyl groups is 4. The van der Waals surface area contributed by atoms with E-state index in [0.717, 1.165) is 16.7 Å². The fourth-order valence-corrected chi connectivity index (χ4v) is 3.29. The first kappa shape index (κ1) is 24.6. The summed E-state index contributed by atoms with van der Waals surface area (Å²) in [5, 5.41) is 38.1. The summed E-state index contributed by atoms with van der Waals surface area (Å²) >= 11 is 0. The van der Waals surface area contributed by atoms with Gasteiger partial charge < -0.3 is 35.5 Å². The second kappa shape index (κ2) is 11.2. The van der Waals surface area contributed by atoms with Gasteiger partial charge in [-0.2, -0.15) is 0 Å². The maximum Gasteiger partial charge on any atom is 0.137 e. The van der Waals surface area contributed by atoms with Crippen LogP contribution in [-0.2, 0) is 0 Å². The largest absolute Gasteiger partial charge is 0.491 e. The molecule has 33 heavy (non-hydrogen) atoms. The minimum absolute atomic E-state index is 0.00694. The van der Waals surface area contributed by atoms with Crippen LogP contribution in [0.15, 0.2) is 67.0 Å². The maximum absolute atomic E-state index is 9.84. The molecule has 0 saturated heterocycles. The third-order valence-electron chi connectivity index (χ3n) is 5.38. The highest BCUT2D eigenvalue weighted by atomic mass is 16.5. The van der Waals surface area contributed by atoms with Crippen molar-refractivity contribution in [2.45, 2.75) is 24.6 Å². The van der Waals surface area contributed by atoms with Crippen molar-refractivity contribution >= 4 is 6.08 Å². The normalized spacial score (nSPS) is 13.9. The average Bonchev–Trinajstić information content (AvgIpc) is 3.34. The van der Waals surface area contributed by atoms with Crippen LogP contribution in [0.25, 0.3) is 17.2 Å². The summed E-state index contributed by atoms with van der Waals surface area (Å²) in [4.78, 5) is 4.15. The van der Waals surface area contributed by atoms with Gasteiger partial charge in [-0.15, -0.1) is 0 Å². The van der Waals surface area contributed by atoms with Crippen LogP contribution in [0.3, 0.4) is 0 Å². The van der Waals surface area contributed by atoms with Crippen molar-refractivity contribution in [1.82, 2.24) is 9.55 Å². The number of imidazole rings is 1. The van der Waals surface area contributed by atoms with Crippen molar-refractivity contribution in [3.05, 3.63) is 78.4 Å². The van der Waals surface area contributed by atoms with Crippen molar-refractivity contribution in [2.24, 2.45) is 5.73 Å². The average molecular weight is 454 g/mol. The molecule has 8 heteroatoms. The molecule has 0 saturated carbocycles. The summed E-state index contributed by atoms with van der Waals surface area (Å²) in [6.45, 7) is 0.801. The quantitative estimate of drug-likeness (QED) is 0.299. The van der Waals surface area contributed by atoms with Gasteiger partial charge in [-0.1, -0.05) is 48.6 Å². The van der Waals surface area contributed by atoms with Crippen LogP contribution in [0.1, 0.15) is 30.5 Å². The maximum atomic E-state index is 9.84. The molecule has 3 rings (SSSR count). The van der Waals surface area contributed by atoms with E-state index in [1.54, 1.807) is 23.9 Å². The van der Waals surface area contributed by atoms with E-state index in [4.69, 9.17) is 10.5 Å². The predicted molar refractivity (Wildman–Crippen MR) is 126 cm³/mol. The Morgan fingerprint density at radius 3 is 2.18 bits per heavy atom. The molecule has 1 heterocycles. The number of nitrogens with two attached hydrogens (primary N) is 1. The van der Waals surface area contributed by atoms with E-state index >= 15 is 0 Å². The Hall–Kier alpha value is -3.01. The molecule has 3 aromatic rings. The molecule has 0 spiro atoms. The van der Waals surface area contributed by atoms with Gasteiger partial charge >= 0.3 is 0 Å². The summed E-state index contributed by atoms with van der Waals surface area (Å²) in [5.41, 5.74) is 7.66. The van der Waals surface area contributed by atoms with Crippen molar-refractivity contribution in [3.8, 4) is 16.9 Å². The second-order valence-electron chi connectivity index (χ2n) is 8.09. The molecule has 0 aliphatic rings. The van der Waals surface area contributed by atoms with Crippen molar-refractivity contribution in [3.63, 3.8) is 0 Å². The van der Waals surface area contributed by atoms with Crippen molar-refractivity contribution in [1.29, 1.82) is 0 Å². The number of aliphatic hydroxyl groups excluding tert-OH is 4. The Kier molecular flexibility index (Phi) is 8.37. The predicted octanol–water partition coefficient (Wildman–Crippen LogP) is 1.91. The minimum atomic E-state index is -1.17. The topological polar surface area (TPSA) is 134 Å². The third kappa shape index (κ3) is 6.28. The third-order valence-corrected chi connectivity index (χ3v) is 5.38. The van der Waals surface area contributed by atoms with Crippen LogP contribution in [0.5, 0.6) is 5.75 Å². The number of nitrogens with zero attached hydrogens (tertiary/aromatic N) is 2. The molecule has 8 nitrogen and oxygen atoms in total.